The number of aromatic nitrogens is 3. The predicted octanol–water partition coefficient (Wildman–Crippen LogP) is 4.39. The van der Waals surface area contributed by atoms with Crippen LogP contribution in [-0.4, -0.2) is 34.6 Å². The van der Waals surface area contributed by atoms with Crippen LogP contribution < -0.4 is 10.6 Å². The Morgan fingerprint density at radius 3 is 2.59 bits per heavy atom. The predicted molar refractivity (Wildman–Crippen MR) is 118 cm³/mol. The molecule has 0 saturated carbocycles. The molecule has 0 spiro atoms. The molecule has 3 aromatic rings. The number of hydrogen-bond acceptors (Lipinski definition) is 4. The summed E-state index contributed by atoms with van der Waals surface area (Å²) in [5.41, 5.74) is 3.88. The van der Waals surface area contributed by atoms with Crippen molar-refractivity contribution in [3.8, 4) is 11.3 Å². The first-order valence-corrected chi connectivity index (χ1v) is 10.8. The Labute approximate surface area is 181 Å². The fourth-order valence-electron chi connectivity index (χ4n) is 3.68. The first-order valence-electron chi connectivity index (χ1n) is 10.0. The molecule has 1 aromatic heterocycles. The van der Waals surface area contributed by atoms with Gasteiger partial charge in [0.15, 0.2) is 0 Å². The minimum Gasteiger partial charge on any atom is -0.317 e. The van der Waals surface area contributed by atoms with E-state index in [1.54, 1.807) is 10.9 Å². The van der Waals surface area contributed by atoms with Gasteiger partial charge in [0, 0.05) is 22.2 Å². The second kappa shape index (κ2) is 9.72. The Balaban J connectivity index is 1.52. The molecule has 2 heterocycles. The van der Waals surface area contributed by atoms with E-state index in [0.717, 1.165) is 48.1 Å². The van der Waals surface area contributed by atoms with Gasteiger partial charge in [-0.3, -0.25) is 0 Å². The fraction of sp³-hybridized carbons (Fsp3) is 0.364. The number of benzene rings is 2. The number of halogens is 2. The van der Waals surface area contributed by atoms with Gasteiger partial charge in [-0.1, -0.05) is 59.6 Å². The third-order valence-electron chi connectivity index (χ3n) is 5.28. The van der Waals surface area contributed by atoms with E-state index in [1.807, 2.05) is 30.3 Å². The first-order chi connectivity index (χ1) is 14.2. The maximum Gasteiger partial charge on any atom is 0.117 e. The molecule has 1 aliphatic rings. The number of hydrogen-bond donors (Lipinski definition) is 2. The van der Waals surface area contributed by atoms with E-state index in [0.29, 0.717) is 23.1 Å². The maximum atomic E-state index is 6.34. The van der Waals surface area contributed by atoms with Crippen LogP contribution in [0.15, 0.2) is 48.5 Å². The summed E-state index contributed by atoms with van der Waals surface area (Å²) in [6.07, 6.45) is 2.45. The lowest BCUT2D eigenvalue weighted by Gasteiger charge is -2.22. The minimum atomic E-state index is 0.504. The van der Waals surface area contributed by atoms with E-state index < -0.39 is 0 Å². The van der Waals surface area contributed by atoms with Crippen LogP contribution in [0.5, 0.6) is 0 Å². The van der Waals surface area contributed by atoms with Crippen LogP contribution in [0.4, 0.5) is 0 Å². The molecular weight excluding hydrogens is 405 g/mol. The summed E-state index contributed by atoms with van der Waals surface area (Å²) >= 11 is 12.4. The van der Waals surface area contributed by atoms with Crippen LogP contribution in [0.2, 0.25) is 10.0 Å². The Bertz CT molecular complexity index is 936. The first kappa shape index (κ1) is 20.4. The smallest absolute Gasteiger partial charge is 0.117 e. The van der Waals surface area contributed by atoms with E-state index >= 15 is 0 Å². The van der Waals surface area contributed by atoms with Crippen molar-refractivity contribution in [2.24, 2.45) is 5.92 Å². The second-order valence-electron chi connectivity index (χ2n) is 7.45. The summed E-state index contributed by atoms with van der Waals surface area (Å²) in [5, 5.41) is 17.8. The van der Waals surface area contributed by atoms with Crippen molar-refractivity contribution < 1.29 is 0 Å². The van der Waals surface area contributed by atoms with Gasteiger partial charge in [-0.25, -0.2) is 0 Å². The lowest BCUT2D eigenvalue weighted by molar-refractivity contribution is 0.355. The molecule has 1 aliphatic heterocycles. The largest absolute Gasteiger partial charge is 0.317 e. The van der Waals surface area contributed by atoms with Gasteiger partial charge < -0.3 is 10.6 Å². The quantitative estimate of drug-likeness (QED) is 0.584. The van der Waals surface area contributed by atoms with E-state index in [1.165, 1.54) is 12.8 Å². The standard InChI is InChI=1S/C22H25Cl2N5/c23-19-7-6-18(20(24)12-19)15-29-27-21(14-26-13-16-8-10-25-11-9-16)22(28-29)17-4-2-1-3-5-17/h1-7,12,16,25-26H,8-11,13-15H2. The molecule has 0 bridgehead atoms. The zero-order valence-electron chi connectivity index (χ0n) is 16.2. The highest BCUT2D eigenvalue weighted by Crippen LogP contribution is 2.24. The van der Waals surface area contributed by atoms with Gasteiger partial charge in [0.25, 0.3) is 0 Å². The summed E-state index contributed by atoms with van der Waals surface area (Å²) in [6.45, 7) is 4.43. The average molecular weight is 430 g/mol. The number of piperidine rings is 1. The summed E-state index contributed by atoms with van der Waals surface area (Å²) in [6, 6.07) is 15.7. The molecule has 29 heavy (non-hydrogen) atoms. The van der Waals surface area contributed by atoms with Crippen molar-refractivity contribution in [2.75, 3.05) is 19.6 Å². The number of nitrogens with zero attached hydrogens (tertiary/aromatic N) is 3. The molecule has 152 valence electrons. The summed E-state index contributed by atoms with van der Waals surface area (Å²) in [7, 11) is 0. The van der Waals surface area contributed by atoms with Crippen molar-refractivity contribution in [1.29, 1.82) is 0 Å². The molecule has 0 unspecified atom stereocenters. The Morgan fingerprint density at radius 2 is 1.83 bits per heavy atom. The van der Waals surface area contributed by atoms with E-state index in [4.69, 9.17) is 33.4 Å². The maximum absolute atomic E-state index is 6.34. The van der Waals surface area contributed by atoms with Gasteiger partial charge in [0.2, 0.25) is 0 Å². The molecule has 0 amide bonds. The van der Waals surface area contributed by atoms with Crippen LogP contribution >= 0.6 is 23.2 Å². The molecule has 0 atom stereocenters. The molecule has 5 nitrogen and oxygen atoms in total. The Kier molecular flexibility index (Phi) is 6.82. The van der Waals surface area contributed by atoms with Crippen molar-refractivity contribution in [3.05, 3.63) is 69.8 Å². The minimum absolute atomic E-state index is 0.504. The van der Waals surface area contributed by atoms with Crippen molar-refractivity contribution >= 4 is 23.2 Å². The van der Waals surface area contributed by atoms with Crippen LogP contribution in [0.25, 0.3) is 11.3 Å². The normalized spacial score (nSPS) is 15.0. The van der Waals surface area contributed by atoms with Gasteiger partial charge in [-0.15, -0.1) is 0 Å². The highest BCUT2D eigenvalue weighted by atomic mass is 35.5. The highest BCUT2D eigenvalue weighted by molar-refractivity contribution is 6.35. The lowest BCUT2D eigenvalue weighted by atomic mass is 9.98. The van der Waals surface area contributed by atoms with Crippen molar-refractivity contribution in [2.45, 2.75) is 25.9 Å². The molecule has 0 aliphatic carbocycles. The van der Waals surface area contributed by atoms with Crippen LogP contribution in [0, 0.1) is 5.92 Å². The average Bonchev–Trinajstić information content (AvgIpc) is 3.14. The fourth-order valence-corrected chi connectivity index (χ4v) is 4.14. The molecule has 2 aromatic carbocycles. The van der Waals surface area contributed by atoms with Gasteiger partial charge in [-0.05, 0) is 56.1 Å². The summed E-state index contributed by atoms with van der Waals surface area (Å²) in [4.78, 5) is 1.72. The lowest BCUT2D eigenvalue weighted by Crippen LogP contribution is -2.33. The molecule has 1 saturated heterocycles. The number of nitrogens with one attached hydrogen (secondary N) is 2. The topological polar surface area (TPSA) is 54.8 Å². The van der Waals surface area contributed by atoms with Gasteiger partial charge in [0.05, 0.1) is 6.54 Å². The van der Waals surface area contributed by atoms with Gasteiger partial charge in [0.1, 0.15) is 11.4 Å². The number of rotatable bonds is 7. The monoisotopic (exact) mass is 429 g/mol. The zero-order chi connectivity index (χ0) is 20.1. The second-order valence-corrected chi connectivity index (χ2v) is 8.30. The van der Waals surface area contributed by atoms with Crippen LogP contribution in [0.3, 0.4) is 0 Å². The Morgan fingerprint density at radius 1 is 1.03 bits per heavy atom. The zero-order valence-corrected chi connectivity index (χ0v) is 17.8. The van der Waals surface area contributed by atoms with Crippen LogP contribution in [-0.2, 0) is 13.1 Å². The molecule has 1 fully saturated rings. The highest BCUT2D eigenvalue weighted by Gasteiger charge is 2.16. The third kappa shape index (κ3) is 5.37. The van der Waals surface area contributed by atoms with Crippen LogP contribution in [0.1, 0.15) is 24.1 Å². The third-order valence-corrected chi connectivity index (χ3v) is 5.87. The van der Waals surface area contributed by atoms with Crippen molar-refractivity contribution in [1.82, 2.24) is 25.6 Å². The van der Waals surface area contributed by atoms with E-state index in [9.17, 15) is 0 Å². The molecule has 2 N–H and O–H groups in total. The summed E-state index contributed by atoms with van der Waals surface area (Å²) in [5.74, 6) is 0.722. The SMILES string of the molecule is Clc1ccc(Cn2nc(CNCC3CCNCC3)c(-c3ccccc3)n2)c(Cl)c1. The Hall–Kier alpha value is -1.92. The molecular formula is C22H25Cl2N5. The van der Waals surface area contributed by atoms with E-state index in [2.05, 4.69) is 22.8 Å². The van der Waals surface area contributed by atoms with Gasteiger partial charge >= 0.3 is 0 Å². The molecule has 0 radical (unpaired) electrons. The van der Waals surface area contributed by atoms with Crippen molar-refractivity contribution in [3.63, 3.8) is 0 Å². The van der Waals surface area contributed by atoms with Gasteiger partial charge in [-0.2, -0.15) is 15.0 Å². The summed E-state index contributed by atoms with van der Waals surface area (Å²) < 4.78 is 0. The van der Waals surface area contributed by atoms with E-state index in [-0.39, 0.29) is 0 Å². The molecule has 7 heteroatoms. The molecule has 4 rings (SSSR count).